The minimum absolute atomic E-state index is 0.328. The summed E-state index contributed by atoms with van der Waals surface area (Å²) in [5, 5.41) is 0. The molecular weight excluding hydrogens is 478 g/mol. The minimum atomic E-state index is -3.44. The third-order valence-electron chi connectivity index (χ3n) is 4.89. The molecule has 2 heterocycles. The van der Waals surface area contributed by atoms with Crippen molar-refractivity contribution in [2.75, 3.05) is 6.12 Å². The molecule has 0 radical (unpaired) electrons. The Kier molecular flexibility index (Phi) is 4.10. The zero-order chi connectivity index (χ0) is 20.1. The van der Waals surface area contributed by atoms with E-state index in [1.807, 2.05) is 30.3 Å². The summed E-state index contributed by atoms with van der Waals surface area (Å²) in [5.41, 5.74) is 1.65. The monoisotopic (exact) mass is 490 g/mol. The molecule has 0 fully saturated rings. The van der Waals surface area contributed by atoms with Crippen LogP contribution in [0.3, 0.4) is 0 Å². The topological polar surface area (TPSA) is 74.8 Å². The van der Waals surface area contributed by atoms with Gasteiger partial charge in [0.15, 0.2) is 0 Å². The van der Waals surface area contributed by atoms with Crippen LogP contribution in [0.4, 0.5) is 11.4 Å². The van der Waals surface area contributed by atoms with E-state index in [2.05, 4.69) is 0 Å². The molecule has 2 aliphatic heterocycles. The molecule has 0 aliphatic carbocycles. The van der Waals surface area contributed by atoms with Crippen molar-refractivity contribution in [3.63, 3.8) is 0 Å². The van der Waals surface area contributed by atoms with Crippen LogP contribution in [-0.2, 0) is 9.59 Å². The Bertz CT molecular complexity index is 1130. The molecule has 0 saturated heterocycles. The van der Waals surface area contributed by atoms with Crippen molar-refractivity contribution in [3.8, 4) is 0 Å². The fourth-order valence-corrected chi connectivity index (χ4v) is 10.3. The van der Waals surface area contributed by atoms with E-state index in [-0.39, 0.29) is 0 Å². The number of carbonyl (C=O) groups excluding carboxylic acids is 4. The normalized spacial score (nSPS) is 15.3. The number of nitrogens with zero attached hydrogens (tertiary/aromatic N) is 2. The second kappa shape index (κ2) is 6.67. The van der Waals surface area contributed by atoms with Crippen molar-refractivity contribution in [1.82, 2.24) is 0 Å². The molecule has 2 aliphatic rings. The van der Waals surface area contributed by atoms with Crippen LogP contribution in [0.1, 0.15) is 20.7 Å². The molecule has 3 aromatic carbocycles. The van der Waals surface area contributed by atoms with E-state index in [9.17, 15) is 19.2 Å². The van der Waals surface area contributed by atoms with Gasteiger partial charge < -0.3 is 0 Å². The molecule has 6 nitrogen and oxygen atoms in total. The summed E-state index contributed by atoms with van der Waals surface area (Å²) in [6.45, 7) is 0. The Labute approximate surface area is 174 Å². The standard InChI is InChI=1S/2C8H5NO2.C6H5.Sb/c2*10-7-5-3-1-2-4-6(5)9-8(7)11;1-2-4-6-5-3-1;/h2*1-4H,(H,9,10,11);1-5H;/q;;;+2/p-2. The average molecular weight is 491 g/mol. The van der Waals surface area contributed by atoms with Gasteiger partial charge in [0, 0.05) is 0 Å². The van der Waals surface area contributed by atoms with Crippen LogP contribution >= 0.6 is 0 Å². The first-order valence-corrected chi connectivity index (χ1v) is 12.5. The van der Waals surface area contributed by atoms with Crippen molar-refractivity contribution >= 4 is 59.0 Å². The van der Waals surface area contributed by atoms with Crippen LogP contribution in [0.25, 0.3) is 0 Å². The molecule has 5 rings (SSSR count). The summed E-state index contributed by atoms with van der Waals surface area (Å²) >= 11 is -3.44. The molecule has 0 spiro atoms. The van der Waals surface area contributed by atoms with Gasteiger partial charge >= 0.3 is 174 Å². The molecule has 0 aromatic heterocycles. The van der Waals surface area contributed by atoms with Crippen molar-refractivity contribution in [1.29, 1.82) is 0 Å². The number of carbonyl (C=O) groups is 4. The van der Waals surface area contributed by atoms with Crippen LogP contribution in [0, 0.1) is 0 Å². The number of anilines is 2. The molecule has 29 heavy (non-hydrogen) atoms. The van der Waals surface area contributed by atoms with E-state index < -0.39 is 44.1 Å². The summed E-state index contributed by atoms with van der Waals surface area (Å²) in [6.07, 6.45) is 0. The summed E-state index contributed by atoms with van der Waals surface area (Å²) in [6, 6.07) is 22.8. The number of fused-ring (bicyclic) bond motifs is 2. The number of hydrogen-bond acceptors (Lipinski definition) is 4. The second-order valence-electron chi connectivity index (χ2n) is 6.55. The van der Waals surface area contributed by atoms with Gasteiger partial charge in [-0.15, -0.1) is 0 Å². The van der Waals surface area contributed by atoms with E-state index in [4.69, 9.17) is 0 Å². The molecule has 0 atom stereocenters. The Balaban J connectivity index is 1.75. The van der Waals surface area contributed by atoms with E-state index in [0.717, 1.165) is 3.51 Å². The number of Topliss-reactive ketones (excluding diaryl/α,β-unsaturated/α-hetero) is 2. The van der Waals surface area contributed by atoms with Crippen LogP contribution in [0.2, 0.25) is 0 Å². The maximum atomic E-state index is 13.0. The van der Waals surface area contributed by atoms with Crippen molar-refractivity contribution < 1.29 is 19.2 Å². The Morgan fingerprint density at radius 2 is 0.931 bits per heavy atom. The number of amides is 2. The number of rotatable bonds is 3. The van der Waals surface area contributed by atoms with Crippen LogP contribution < -0.4 is 9.63 Å². The van der Waals surface area contributed by atoms with Gasteiger partial charge in [-0.05, 0) is 0 Å². The van der Waals surface area contributed by atoms with Gasteiger partial charge in [0.2, 0.25) is 0 Å². The molecule has 2 amide bonds. The third kappa shape index (κ3) is 2.56. The van der Waals surface area contributed by atoms with Gasteiger partial charge in [0.1, 0.15) is 0 Å². The van der Waals surface area contributed by atoms with Crippen LogP contribution in [0.5, 0.6) is 0 Å². The molecule has 7 heteroatoms. The number of benzene rings is 3. The SMILES string of the molecule is O=C1C(=O)[N]([Sb]([c]2ccccc2)[N]2C(=O)C(=O)c3ccccc32)c2ccccc21. The van der Waals surface area contributed by atoms with Gasteiger partial charge in [-0.3, -0.25) is 0 Å². The molecule has 0 unspecified atom stereocenters. The molecule has 0 saturated carbocycles. The predicted octanol–water partition coefficient (Wildman–Crippen LogP) is 1.84. The molecule has 3 aromatic rings. The zero-order valence-electron chi connectivity index (χ0n) is 15.0. The fourth-order valence-electron chi connectivity index (χ4n) is 3.60. The van der Waals surface area contributed by atoms with E-state index >= 15 is 0 Å². The molecular formula is C22H13N2O4Sb. The molecule has 0 N–H and O–H groups in total. The fraction of sp³-hybridized carbons (Fsp3) is 0. The Morgan fingerprint density at radius 3 is 1.41 bits per heavy atom. The van der Waals surface area contributed by atoms with Crippen molar-refractivity contribution in [2.45, 2.75) is 0 Å². The summed E-state index contributed by atoms with van der Waals surface area (Å²) in [4.78, 5) is 51.3. The quantitative estimate of drug-likeness (QED) is 0.414. The maximum absolute atomic E-state index is 13.0. The van der Waals surface area contributed by atoms with E-state index in [1.54, 1.807) is 48.5 Å². The predicted molar refractivity (Wildman–Crippen MR) is 108 cm³/mol. The van der Waals surface area contributed by atoms with Gasteiger partial charge in [-0.1, -0.05) is 0 Å². The first kappa shape index (κ1) is 17.8. The van der Waals surface area contributed by atoms with E-state index in [0.29, 0.717) is 22.5 Å². The van der Waals surface area contributed by atoms with Crippen LogP contribution in [0.15, 0.2) is 78.9 Å². The summed E-state index contributed by atoms with van der Waals surface area (Å²) in [7, 11) is 0. The summed E-state index contributed by atoms with van der Waals surface area (Å²) in [5.74, 6) is -2.47. The third-order valence-corrected chi connectivity index (χ3v) is 11.5. The van der Waals surface area contributed by atoms with E-state index in [1.165, 1.54) is 6.12 Å². The zero-order valence-corrected chi connectivity index (χ0v) is 17.5. The first-order chi connectivity index (χ1) is 14.1. The Morgan fingerprint density at radius 1 is 0.517 bits per heavy atom. The van der Waals surface area contributed by atoms with Gasteiger partial charge in [0.05, 0.1) is 0 Å². The van der Waals surface area contributed by atoms with Crippen molar-refractivity contribution in [3.05, 3.63) is 90.0 Å². The number of para-hydroxylation sites is 2. The van der Waals surface area contributed by atoms with Gasteiger partial charge in [-0.25, -0.2) is 0 Å². The number of hydrogen-bond donors (Lipinski definition) is 0. The average Bonchev–Trinajstić information content (AvgIpc) is 3.16. The second-order valence-corrected chi connectivity index (χ2v) is 12.0. The Hall–Kier alpha value is -3.24. The van der Waals surface area contributed by atoms with Crippen LogP contribution in [-0.4, -0.2) is 44.1 Å². The summed E-state index contributed by atoms with van der Waals surface area (Å²) < 4.78 is 3.78. The van der Waals surface area contributed by atoms with Gasteiger partial charge in [0.25, 0.3) is 0 Å². The van der Waals surface area contributed by atoms with Crippen molar-refractivity contribution in [2.24, 2.45) is 0 Å². The first-order valence-electron chi connectivity index (χ1n) is 8.90. The number of ketones is 2. The molecule has 0 bridgehead atoms. The van der Waals surface area contributed by atoms with Gasteiger partial charge in [-0.2, -0.15) is 0 Å². The molecule has 140 valence electrons.